The SMILES string of the molecule is CCOC(=O)c1cc2c(C(F)(F)F)coc2nc1C(=O)OCC. The van der Waals surface area contributed by atoms with Crippen LogP contribution in [0.15, 0.2) is 16.7 Å². The summed E-state index contributed by atoms with van der Waals surface area (Å²) in [6, 6.07) is 0.874. The largest absolute Gasteiger partial charge is 0.462 e. The van der Waals surface area contributed by atoms with Crippen LogP contribution in [-0.2, 0) is 15.7 Å². The van der Waals surface area contributed by atoms with Crippen LogP contribution in [0.1, 0.15) is 40.3 Å². The lowest BCUT2D eigenvalue weighted by Crippen LogP contribution is -2.16. The lowest BCUT2D eigenvalue weighted by molar-refractivity contribution is -0.136. The van der Waals surface area contributed by atoms with Crippen molar-refractivity contribution in [1.82, 2.24) is 4.98 Å². The van der Waals surface area contributed by atoms with Gasteiger partial charge in [0.05, 0.1) is 24.2 Å². The normalized spacial score (nSPS) is 11.5. The van der Waals surface area contributed by atoms with Crippen LogP contribution in [0.25, 0.3) is 11.1 Å². The average molecular weight is 331 g/mol. The van der Waals surface area contributed by atoms with Crippen LogP contribution in [0, 0.1) is 0 Å². The molecule has 0 atom stereocenters. The third kappa shape index (κ3) is 3.27. The minimum Gasteiger partial charge on any atom is -0.462 e. The highest BCUT2D eigenvalue weighted by atomic mass is 19.4. The maximum Gasteiger partial charge on any atom is 0.420 e. The molecule has 2 aromatic rings. The molecule has 0 radical (unpaired) electrons. The number of furan rings is 1. The molecular weight excluding hydrogens is 319 g/mol. The van der Waals surface area contributed by atoms with Gasteiger partial charge in [-0.2, -0.15) is 13.2 Å². The predicted octanol–water partition coefficient (Wildman–Crippen LogP) is 3.20. The zero-order valence-corrected chi connectivity index (χ0v) is 12.2. The van der Waals surface area contributed by atoms with Crippen molar-refractivity contribution in [3.8, 4) is 0 Å². The molecule has 0 fully saturated rings. The molecule has 0 saturated carbocycles. The Kier molecular flexibility index (Phi) is 4.57. The molecule has 2 heterocycles. The van der Waals surface area contributed by atoms with Gasteiger partial charge in [0, 0.05) is 0 Å². The lowest BCUT2D eigenvalue weighted by Gasteiger charge is -2.08. The van der Waals surface area contributed by atoms with Crippen LogP contribution in [-0.4, -0.2) is 30.1 Å². The Bertz CT molecular complexity index is 751. The number of pyridine rings is 1. The van der Waals surface area contributed by atoms with Crippen molar-refractivity contribution in [2.45, 2.75) is 20.0 Å². The predicted molar refractivity (Wildman–Crippen MR) is 70.9 cm³/mol. The third-order valence-electron chi connectivity index (χ3n) is 2.84. The number of nitrogens with zero attached hydrogens (tertiary/aromatic N) is 1. The molecule has 2 aromatic heterocycles. The molecule has 0 saturated heterocycles. The standard InChI is InChI=1S/C14H12F3NO5/c1-3-21-12(19)8-5-7-9(14(15,16)17)6-23-11(7)18-10(8)13(20)22-4-2/h5-6H,3-4H2,1-2H3. The van der Waals surface area contributed by atoms with Crippen molar-refractivity contribution in [2.24, 2.45) is 0 Å². The quantitative estimate of drug-likeness (QED) is 0.801. The second-order valence-electron chi connectivity index (χ2n) is 4.33. The van der Waals surface area contributed by atoms with Crippen molar-refractivity contribution < 1.29 is 36.7 Å². The topological polar surface area (TPSA) is 78.6 Å². The summed E-state index contributed by atoms with van der Waals surface area (Å²) in [6.07, 6.45) is -4.22. The first-order chi connectivity index (χ1) is 10.8. The molecule has 2 rings (SSSR count). The molecule has 0 aromatic carbocycles. The van der Waals surface area contributed by atoms with E-state index in [0.717, 1.165) is 6.07 Å². The highest BCUT2D eigenvalue weighted by Gasteiger charge is 2.36. The Balaban J connectivity index is 2.67. The van der Waals surface area contributed by atoms with Gasteiger partial charge in [-0.25, -0.2) is 14.6 Å². The molecule has 6 nitrogen and oxygen atoms in total. The summed E-state index contributed by atoms with van der Waals surface area (Å²) in [5.74, 6) is -1.93. The number of halogens is 3. The molecule has 0 aliphatic heterocycles. The van der Waals surface area contributed by atoms with E-state index in [4.69, 9.17) is 13.9 Å². The van der Waals surface area contributed by atoms with Crippen LogP contribution >= 0.6 is 0 Å². The van der Waals surface area contributed by atoms with Crippen LogP contribution in [0.4, 0.5) is 13.2 Å². The van der Waals surface area contributed by atoms with Crippen LogP contribution in [0.2, 0.25) is 0 Å². The molecule has 0 amide bonds. The number of rotatable bonds is 4. The summed E-state index contributed by atoms with van der Waals surface area (Å²) < 4.78 is 53.0. The first-order valence-electron chi connectivity index (χ1n) is 6.63. The number of fused-ring (bicyclic) bond motifs is 1. The van der Waals surface area contributed by atoms with Gasteiger partial charge in [0.15, 0.2) is 5.69 Å². The molecule has 0 aliphatic carbocycles. The van der Waals surface area contributed by atoms with E-state index in [2.05, 4.69) is 4.98 Å². The highest BCUT2D eigenvalue weighted by Crippen LogP contribution is 2.36. The molecule has 0 unspecified atom stereocenters. The van der Waals surface area contributed by atoms with Crippen molar-refractivity contribution in [2.75, 3.05) is 13.2 Å². The van der Waals surface area contributed by atoms with E-state index in [0.29, 0.717) is 6.26 Å². The number of hydrogen-bond acceptors (Lipinski definition) is 6. The summed E-state index contributed by atoms with van der Waals surface area (Å²) >= 11 is 0. The Morgan fingerprint density at radius 2 is 1.78 bits per heavy atom. The van der Waals surface area contributed by atoms with Crippen molar-refractivity contribution in [3.63, 3.8) is 0 Å². The summed E-state index contributed by atoms with van der Waals surface area (Å²) in [5, 5.41) is -0.436. The van der Waals surface area contributed by atoms with Gasteiger partial charge in [-0.1, -0.05) is 0 Å². The van der Waals surface area contributed by atoms with E-state index in [-0.39, 0.29) is 13.2 Å². The van der Waals surface area contributed by atoms with Crippen molar-refractivity contribution >= 4 is 23.0 Å². The minimum absolute atomic E-state index is 0.00672. The molecule has 0 spiro atoms. The van der Waals surface area contributed by atoms with Gasteiger partial charge in [-0.15, -0.1) is 0 Å². The van der Waals surface area contributed by atoms with Crippen molar-refractivity contribution in [3.05, 3.63) is 29.2 Å². The Morgan fingerprint density at radius 1 is 1.17 bits per heavy atom. The Hall–Kier alpha value is -2.58. The van der Waals surface area contributed by atoms with Gasteiger partial charge >= 0.3 is 18.1 Å². The molecule has 0 N–H and O–H groups in total. The fourth-order valence-corrected chi connectivity index (χ4v) is 1.90. The lowest BCUT2D eigenvalue weighted by atomic mass is 10.1. The third-order valence-corrected chi connectivity index (χ3v) is 2.84. The molecule has 23 heavy (non-hydrogen) atoms. The Labute approximate surface area is 128 Å². The van der Waals surface area contributed by atoms with Crippen molar-refractivity contribution in [1.29, 1.82) is 0 Å². The fraction of sp³-hybridized carbons (Fsp3) is 0.357. The number of hydrogen-bond donors (Lipinski definition) is 0. The zero-order chi connectivity index (χ0) is 17.2. The van der Waals surface area contributed by atoms with E-state index < -0.39 is 46.0 Å². The fourth-order valence-electron chi connectivity index (χ4n) is 1.90. The second-order valence-corrected chi connectivity index (χ2v) is 4.33. The van der Waals surface area contributed by atoms with Gasteiger partial charge in [-0.3, -0.25) is 0 Å². The maximum absolute atomic E-state index is 12.9. The summed E-state index contributed by atoms with van der Waals surface area (Å²) in [6.45, 7) is 3.05. The van der Waals surface area contributed by atoms with Gasteiger partial charge < -0.3 is 13.9 Å². The molecular formula is C14H12F3NO5. The van der Waals surface area contributed by atoms with Crippen LogP contribution < -0.4 is 0 Å². The zero-order valence-electron chi connectivity index (χ0n) is 12.2. The Morgan fingerprint density at radius 3 is 2.35 bits per heavy atom. The second kappa shape index (κ2) is 6.27. The minimum atomic E-state index is -4.69. The highest BCUT2D eigenvalue weighted by molar-refractivity contribution is 6.04. The van der Waals surface area contributed by atoms with Gasteiger partial charge in [0.1, 0.15) is 11.8 Å². The van der Waals surface area contributed by atoms with E-state index in [1.54, 1.807) is 0 Å². The smallest absolute Gasteiger partial charge is 0.420 e. The van der Waals surface area contributed by atoms with E-state index >= 15 is 0 Å². The van der Waals surface area contributed by atoms with Gasteiger partial charge in [0.2, 0.25) is 5.71 Å². The first kappa shape index (κ1) is 16.8. The number of carbonyl (C=O) groups excluding carboxylic acids is 2. The number of carbonyl (C=O) groups is 2. The number of ether oxygens (including phenoxy) is 2. The van der Waals surface area contributed by atoms with Gasteiger partial charge in [-0.05, 0) is 19.9 Å². The van der Waals surface area contributed by atoms with E-state index in [9.17, 15) is 22.8 Å². The number of alkyl halides is 3. The summed E-state index contributed by atoms with van der Waals surface area (Å²) in [7, 11) is 0. The summed E-state index contributed by atoms with van der Waals surface area (Å²) in [4.78, 5) is 27.5. The average Bonchev–Trinajstić information content (AvgIpc) is 2.89. The summed E-state index contributed by atoms with van der Waals surface area (Å²) in [5.41, 5.74) is -2.39. The molecule has 0 aliphatic rings. The molecule has 9 heteroatoms. The maximum atomic E-state index is 12.9. The van der Waals surface area contributed by atoms with E-state index in [1.807, 2.05) is 0 Å². The van der Waals surface area contributed by atoms with E-state index in [1.165, 1.54) is 13.8 Å². The molecule has 124 valence electrons. The van der Waals surface area contributed by atoms with Crippen LogP contribution in [0.3, 0.4) is 0 Å². The molecule has 0 bridgehead atoms. The number of esters is 2. The monoisotopic (exact) mass is 331 g/mol. The van der Waals surface area contributed by atoms with Gasteiger partial charge in [0.25, 0.3) is 0 Å². The number of aromatic nitrogens is 1. The first-order valence-corrected chi connectivity index (χ1v) is 6.63. The van der Waals surface area contributed by atoms with Crippen LogP contribution in [0.5, 0.6) is 0 Å².